The zero-order valence-corrected chi connectivity index (χ0v) is 8.95. The monoisotopic (exact) mass is 254 g/mol. The van der Waals surface area contributed by atoms with E-state index in [1.807, 2.05) is 0 Å². The van der Waals surface area contributed by atoms with Gasteiger partial charge in [-0.25, -0.2) is 4.98 Å². The van der Waals surface area contributed by atoms with E-state index in [4.69, 9.17) is 4.74 Å². The fourth-order valence-electron chi connectivity index (χ4n) is 1.15. The molecule has 0 amide bonds. The number of rotatable bonds is 1. The second kappa shape index (κ2) is 3.42. The number of aromatic hydroxyl groups is 1. The molecule has 0 aliphatic carbocycles. The lowest BCUT2D eigenvalue weighted by atomic mass is 10.2. The Morgan fingerprint density at radius 3 is 2.86 bits per heavy atom. The Morgan fingerprint density at radius 2 is 2.14 bits per heavy atom. The summed E-state index contributed by atoms with van der Waals surface area (Å²) in [6.07, 6.45) is 3.09. The summed E-state index contributed by atoms with van der Waals surface area (Å²) in [6.45, 7) is 0. The molecule has 0 fully saturated rings. The quantitative estimate of drug-likeness (QED) is 0.847. The van der Waals surface area contributed by atoms with Gasteiger partial charge in [-0.2, -0.15) is 0 Å². The van der Waals surface area contributed by atoms with Crippen LogP contribution in [0, 0.1) is 0 Å². The first-order valence-electron chi connectivity index (χ1n) is 3.89. The third kappa shape index (κ3) is 1.39. The number of fused-ring (bicyclic) bond motifs is 1. The first-order chi connectivity index (χ1) is 6.72. The lowest BCUT2D eigenvalue weighted by Gasteiger charge is -2.03. The molecule has 4 nitrogen and oxygen atoms in total. The molecule has 0 aromatic carbocycles. The second-order valence-electron chi connectivity index (χ2n) is 2.70. The summed E-state index contributed by atoms with van der Waals surface area (Å²) in [6, 6.07) is 1.64. The average Bonchev–Trinajstić information content (AvgIpc) is 2.23. The van der Waals surface area contributed by atoms with Crippen molar-refractivity contribution in [3.8, 4) is 11.6 Å². The minimum atomic E-state index is 0.149. The highest BCUT2D eigenvalue weighted by Crippen LogP contribution is 2.31. The van der Waals surface area contributed by atoms with Crippen LogP contribution in [-0.2, 0) is 0 Å². The van der Waals surface area contributed by atoms with Crippen LogP contribution in [-0.4, -0.2) is 22.2 Å². The molecule has 2 aromatic heterocycles. The molecule has 2 rings (SSSR count). The molecule has 0 saturated heterocycles. The molecular formula is C9H7BrN2O2. The van der Waals surface area contributed by atoms with E-state index in [0.29, 0.717) is 21.3 Å². The first kappa shape index (κ1) is 9.21. The molecule has 14 heavy (non-hydrogen) atoms. The number of aromatic nitrogens is 2. The topological polar surface area (TPSA) is 55.2 Å². The SMILES string of the molecule is COc1cc2c(O)c(Br)cnc2cn1. The van der Waals surface area contributed by atoms with Crippen molar-refractivity contribution in [2.75, 3.05) is 7.11 Å². The predicted molar refractivity (Wildman–Crippen MR) is 55.5 cm³/mol. The first-order valence-corrected chi connectivity index (χ1v) is 4.69. The number of hydrogen-bond donors (Lipinski definition) is 1. The summed E-state index contributed by atoms with van der Waals surface area (Å²) in [5.41, 5.74) is 0.631. The molecule has 1 N–H and O–H groups in total. The molecular weight excluding hydrogens is 248 g/mol. The van der Waals surface area contributed by atoms with Gasteiger partial charge >= 0.3 is 0 Å². The molecule has 0 unspecified atom stereocenters. The van der Waals surface area contributed by atoms with Crippen molar-refractivity contribution in [1.29, 1.82) is 0 Å². The summed E-state index contributed by atoms with van der Waals surface area (Å²) in [5, 5.41) is 10.3. The maximum Gasteiger partial charge on any atom is 0.213 e. The van der Waals surface area contributed by atoms with Crippen LogP contribution in [0.5, 0.6) is 11.6 Å². The summed E-state index contributed by atoms with van der Waals surface area (Å²) in [5.74, 6) is 0.600. The van der Waals surface area contributed by atoms with Gasteiger partial charge in [0, 0.05) is 12.3 Å². The van der Waals surface area contributed by atoms with E-state index in [0.717, 1.165) is 0 Å². The van der Waals surface area contributed by atoms with Crippen molar-refractivity contribution >= 4 is 26.8 Å². The Labute approximate surface area is 88.7 Å². The molecule has 0 atom stereocenters. The third-order valence-corrected chi connectivity index (χ3v) is 2.45. The van der Waals surface area contributed by atoms with Gasteiger partial charge in [0.25, 0.3) is 0 Å². The van der Waals surface area contributed by atoms with Gasteiger partial charge in [-0.3, -0.25) is 4.98 Å². The van der Waals surface area contributed by atoms with Gasteiger partial charge in [0.1, 0.15) is 5.75 Å². The number of ether oxygens (including phenoxy) is 1. The van der Waals surface area contributed by atoms with Crippen molar-refractivity contribution in [3.63, 3.8) is 0 Å². The van der Waals surface area contributed by atoms with Crippen LogP contribution in [0.2, 0.25) is 0 Å². The average molecular weight is 255 g/mol. The standard InChI is InChI=1S/C9H7BrN2O2/c1-14-8-2-5-7(4-12-8)11-3-6(10)9(5)13/h2-4H,1H3,(H,11,13). The molecule has 0 spiro atoms. The van der Waals surface area contributed by atoms with Crippen LogP contribution in [0.1, 0.15) is 0 Å². The Hall–Kier alpha value is -1.36. The predicted octanol–water partition coefficient (Wildman–Crippen LogP) is 2.11. The Balaban J connectivity index is 2.78. The lowest BCUT2D eigenvalue weighted by Crippen LogP contribution is -1.88. The van der Waals surface area contributed by atoms with Gasteiger partial charge in [-0.05, 0) is 15.9 Å². The normalized spacial score (nSPS) is 10.4. The van der Waals surface area contributed by atoms with Crippen LogP contribution in [0.15, 0.2) is 22.9 Å². The van der Waals surface area contributed by atoms with Gasteiger partial charge in [0.05, 0.1) is 28.7 Å². The van der Waals surface area contributed by atoms with Crippen LogP contribution in [0.4, 0.5) is 0 Å². The maximum absolute atomic E-state index is 9.71. The van der Waals surface area contributed by atoms with Crippen LogP contribution in [0.25, 0.3) is 10.9 Å². The fraction of sp³-hybridized carbons (Fsp3) is 0.111. The van der Waals surface area contributed by atoms with Crippen LogP contribution < -0.4 is 4.74 Å². The minimum Gasteiger partial charge on any atom is -0.506 e. The van der Waals surface area contributed by atoms with Crippen molar-refractivity contribution in [2.24, 2.45) is 0 Å². The molecule has 72 valence electrons. The van der Waals surface area contributed by atoms with E-state index in [1.165, 1.54) is 13.3 Å². The number of methoxy groups -OCH3 is 1. The largest absolute Gasteiger partial charge is 0.506 e. The Bertz CT molecular complexity index is 487. The van der Waals surface area contributed by atoms with Crippen molar-refractivity contribution in [2.45, 2.75) is 0 Å². The number of hydrogen-bond acceptors (Lipinski definition) is 4. The van der Waals surface area contributed by atoms with E-state index < -0.39 is 0 Å². The molecule has 0 aliphatic rings. The molecule has 0 saturated carbocycles. The van der Waals surface area contributed by atoms with E-state index in [1.54, 1.807) is 12.3 Å². The smallest absolute Gasteiger partial charge is 0.213 e. The highest BCUT2D eigenvalue weighted by Gasteiger charge is 2.06. The zero-order chi connectivity index (χ0) is 10.1. The Kier molecular flexibility index (Phi) is 2.25. The zero-order valence-electron chi connectivity index (χ0n) is 7.36. The lowest BCUT2D eigenvalue weighted by molar-refractivity contribution is 0.398. The van der Waals surface area contributed by atoms with E-state index in [2.05, 4.69) is 25.9 Å². The summed E-state index contributed by atoms with van der Waals surface area (Å²) >= 11 is 3.19. The van der Waals surface area contributed by atoms with Gasteiger partial charge < -0.3 is 9.84 Å². The highest BCUT2D eigenvalue weighted by molar-refractivity contribution is 9.10. The summed E-state index contributed by atoms with van der Waals surface area (Å²) in [4.78, 5) is 8.08. The minimum absolute atomic E-state index is 0.149. The molecule has 2 heterocycles. The van der Waals surface area contributed by atoms with Gasteiger partial charge in [-0.1, -0.05) is 0 Å². The second-order valence-corrected chi connectivity index (χ2v) is 3.55. The van der Waals surface area contributed by atoms with Crippen molar-refractivity contribution < 1.29 is 9.84 Å². The molecule has 0 aliphatic heterocycles. The molecule has 0 bridgehead atoms. The van der Waals surface area contributed by atoms with Crippen LogP contribution >= 0.6 is 15.9 Å². The number of nitrogens with zero attached hydrogens (tertiary/aromatic N) is 2. The maximum atomic E-state index is 9.71. The van der Waals surface area contributed by atoms with Crippen molar-refractivity contribution in [1.82, 2.24) is 9.97 Å². The van der Waals surface area contributed by atoms with E-state index in [-0.39, 0.29) is 5.75 Å². The van der Waals surface area contributed by atoms with Gasteiger partial charge in [0.15, 0.2) is 0 Å². The summed E-state index contributed by atoms with van der Waals surface area (Å²) < 4.78 is 5.51. The molecule has 2 aromatic rings. The number of pyridine rings is 2. The number of halogens is 1. The van der Waals surface area contributed by atoms with Gasteiger partial charge in [-0.15, -0.1) is 0 Å². The van der Waals surface area contributed by atoms with Gasteiger partial charge in [0.2, 0.25) is 5.88 Å². The van der Waals surface area contributed by atoms with Crippen molar-refractivity contribution in [3.05, 3.63) is 22.9 Å². The fourth-order valence-corrected chi connectivity index (χ4v) is 1.47. The third-order valence-electron chi connectivity index (χ3n) is 1.87. The van der Waals surface area contributed by atoms with E-state index >= 15 is 0 Å². The van der Waals surface area contributed by atoms with E-state index in [9.17, 15) is 5.11 Å². The molecule has 5 heteroatoms. The molecule has 0 radical (unpaired) electrons. The highest BCUT2D eigenvalue weighted by atomic mass is 79.9. The summed E-state index contributed by atoms with van der Waals surface area (Å²) in [7, 11) is 1.52. The Morgan fingerprint density at radius 1 is 1.36 bits per heavy atom. The van der Waals surface area contributed by atoms with Crippen LogP contribution in [0.3, 0.4) is 0 Å².